The van der Waals surface area contributed by atoms with E-state index in [0.29, 0.717) is 5.75 Å². The molecule has 0 saturated heterocycles. The average Bonchev–Trinajstić information content (AvgIpc) is 2.45. The van der Waals surface area contributed by atoms with Crippen LogP contribution in [0.4, 0.5) is 11.4 Å². The molecule has 0 radical (unpaired) electrons. The largest absolute Gasteiger partial charge is 0.497 e. The van der Waals surface area contributed by atoms with Crippen molar-refractivity contribution in [3.05, 3.63) is 48.5 Å². The van der Waals surface area contributed by atoms with Gasteiger partial charge in [0, 0.05) is 0 Å². The molecule has 0 saturated carbocycles. The van der Waals surface area contributed by atoms with Gasteiger partial charge in [-0.15, -0.1) is 0 Å². The van der Waals surface area contributed by atoms with E-state index < -0.39 is 20.0 Å². The lowest BCUT2D eigenvalue weighted by molar-refractivity contribution is 0.414. The third-order valence-electron chi connectivity index (χ3n) is 2.79. The first kappa shape index (κ1) is 17.1. The van der Waals surface area contributed by atoms with Crippen LogP contribution in [-0.4, -0.2) is 30.2 Å². The maximum Gasteiger partial charge on any atom is 0.261 e. The average molecular weight is 356 g/mol. The van der Waals surface area contributed by atoms with Crippen LogP contribution in [0, 0.1) is 0 Å². The van der Waals surface area contributed by atoms with Gasteiger partial charge >= 0.3 is 0 Å². The Morgan fingerprint density at radius 1 is 0.870 bits per heavy atom. The molecule has 0 amide bonds. The van der Waals surface area contributed by atoms with Crippen LogP contribution in [-0.2, 0) is 20.0 Å². The standard InChI is InChI=1S/C14H16N2O5S2/c1-21-13-6-8-14(9-7-13)23(19,20)16-12-5-3-4-11(10-12)15-22(2,17)18/h3-10,15-16H,1-2H3. The number of rotatable bonds is 6. The Kier molecular flexibility index (Phi) is 4.81. The maximum absolute atomic E-state index is 12.3. The summed E-state index contributed by atoms with van der Waals surface area (Å²) in [6, 6.07) is 11.9. The first-order valence-corrected chi connectivity index (χ1v) is 9.82. The predicted molar refractivity (Wildman–Crippen MR) is 88.7 cm³/mol. The first-order valence-electron chi connectivity index (χ1n) is 6.44. The van der Waals surface area contributed by atoms with Crippen LogP contribution < -0.4 is 14.2 Å². The fraction of sp³-hybridized carbons (Fsp3) is 0.143. The highest BCUT2D eigenvalue weighted by molar-refractivity contribution is 7.92. The van der Waals surface area contributed by atoms with E-state index in [9.17, 15) is 16.8 Å². The number of hydrogen-bond acceptors (Lipinski definition) is 5. The van der Waals surface area contributed by atoms with Gasteiger partial charge in [0.05, 0.1) is 29.6 Å². The summed E-state index contributed by atoms with van der Waals surface area (Å²) in [7, 11) is -5.73. The molecule has 0 spiro atoms. The van der Waals surface area contributed by atoms with Crippen LogP contribution in [0.15, 0.2) is 53.4 Å². The van der Waals surface area contributed by atoms with Crippen LogP contribution in [0.25, 0.3) is 0 Å². The van der Waals surface area contributed by atoms with Crippen LogP contribution in [0.5, 0.6) is 5.75 Å². The molecule has 0 aliphatic heterocycles. The molecule has 0 bridgehead atoms. The number of sulfonamides is 2. The highest BCUT2D eigenvalue weighted by atomic mass is 32.2. The number of benzene rings is 2. The number of methoxy groups -OCH3 is 1. The number of ether oxygens (including phenoxy) is 1. The summed E-state index contributed by atoms with van der Waals surface area (Å²) in [5, 5.41) is 0. The lowest BCUT2D eigenvalue weighted by Gasteiger charge is -2.10. The van der Waals surface area contributed by atoms with E-state index >= 15 is 0 Å². The van der Waals surface area contributed by atoms with Crippen LogP contribution in [0.2, 0.25) is 0 Å². The lowest BCUT2D eigenvalue weighted by atomic mass is 10.3. The molecule has 9 heteroatoms. The number of nitrogens with one attached hydrogen (secondary N) is 2. The van der Waals surface area contributed by atoms with Gasteiger partial charge in [-0.05, 0) is 42.5 Å². The van der Waals surface area contributed by atoms with E-state index in [2.05, 4.69) is 9.44 Å². The molecule has 2 aromatic rings. The quantitative estimate of drug-likeness (QED) is 0.823. The van der Waals surface area contributed by atoms with Crippen molar-refractivity contribution >= 4 is 31.4 Å². The van der Waals surface area contributed by atoms with Crippen molar-refractivity contribution in [2.45, 2.75) is 4.90 Å². The van der Waals surface area contributed by atoms with Crippen molar-refractivity contribution in [2.24, 2.45) is 0 Å². The summed E-state index contributed by atoms with van der Waals surface area (Å²) < 4.78 is 56.7. The first-order chi connectivity index (χ1) is 10.7. The van der Waals surface area contributed by atoms with Gasteiger partial charge < -0.3 is 4.74 Å². The number of anilines is 2. The second kappa shape index (κ2) is 6.47. The number of hydrogen-bond donors (Lipinski definition) is 2. The molecule has 7 nitrogen and oxygen atoms in total. The zero-order valence-corrected chi connectivity index (χ0v) is 14.1. The normalized spacial score (nSPS) is 11.7. The molecule has 2 N–H and O–H groups in total. The SMILES string of the molecule is COc1ccc(S(=O)(=O)Nc2cccc(NS(C)(=O)=O)c2)cc1. The molecular weight excluding hydrogens is 340 g/mol. The van der Waals surface area contributed by atoms with Crippen molar-refractivity contribution in [2.75, 3.05) is 22.8 Å². The van der Waals surface area contributed by atoms with Gasteiger partial charge in [0.1, 0.15) is 5.75 Å². The Morgan fingerprint density at radius 3 is 1.96 bits per heavy atom. The van der Waals surface area contributed by atoms with Gasteiger partial charge in [0.2, 0.25) is 10.0 Å². The molecule has 2 aromatic carbocycles. The van der Waals surface area contributed by atoms with Gasteiger partial charge in [-0.1, -0.05) is 6.07 Å². The third kappa shape index (κ3) is 4.86. The predicted octanol–water partition coefficient (Wildman–Crippen LogP) is 1.87. The summed E-state index contributed by atoms with van der Waals surface area (Å²) in [5.41, 5.74) is 0.511. The van der Waals surface area contributed by atoms with Crippen LogP contribution in [0.1, 0.15) is 0 Å². The summed E-state index contributed by atoms with van der Waals surface area (Å²) >= 11 is 0. The maximum atomic E-state index is 12.3. The molecule has 0 atom stereocenters. The summed E-state index contributed by atoms with van der Waals surface area (Å²) in [5.74, 6) is 0.545. The Morgan fingerprint density at radius 2 is 1.43 bits per heavy atom. The van der Waals surface area contributed by atoms with Gasteiger partial charge in [0.15, 0.2) is 0 Å². The van der Waals surface area contributed by atoms with Crippen molar-refractivity contribution < 1.29 is 21.6 Å². The Bertz CT molecular complexity index is 891. The van der Waals surface area contributed by atoms with Crippen molar-refractivity contribution in [1.29, 1.82) is 0 Å². The van der Waals surface area contributed by atoms with E-state index in [1.165, 1.54) is 49.6 Å². The third-order valence-corrected chi connectivity index (χ3v) is 4.79. The van der Waals surface area contributed by atoms with Crippen LogP contribution in [0.3, 0.4) is 0 Å². The second-order valence-corrected chi connectivity index (χ2v) is 8.17. The topological polar surface area (TPSA) is 102 Å². The molecule has 0 unspecified atom stereocenters. The highest BCUT2D eigenvalue weighted by Crippen LogP contribution is 2.21. The minimum absolute atomic E-state index is 0.0692. The molecule has 0 aliphatic rings. The van der Waals surface area contributed by atoms with Crippen molar-refractivity contribution in [1.82, 2.24) is 0 Å². The molecule has 23 heavy (non-hydrogen) atoms. The van der Waals surface area contributed by atoms with Crippen molar-refractivity contribution in [3.63, 3.8) is 0 Å². The molecule has 0 aliphatic carbocycles. The smallest absolute Gasteiger partial charge is 0.261 e. The zero-order chi connectivity index (χ0) is 17.1. The summed E-state index contributed by atoms with van der Waals surface area (Å²) in [4.78, 5) is 0.0692. The lowest BCUT2D eigenvalue weighted by Crippen LogP contribution is -2.14. The van der Waals surface area contributed by atoms with Crippen molar-refractivity contribution in [3.8, 4) is 5.75 Å². The fourth-order valence-electron chi connectivity index (χ4n) is 1.83. The summed E-state index contributed by atoms with van der Waals surface area (Å²) in [6.07, 6.45) is 1.02. The summed E-state index contributed by atoms with van der Waals surface area (Å²) in [6.45, 7) is 0. The minimum atomic E-state index is -3.78. The van der Waals surface area contributed by atoms with Gasteiger partial charge in [-0.2, -0.15) is 0 Å². The van der Waals surface area contributed by atoms with E-state index in [1.54, 1.807) is 6.07 Å². The second-order valence-electron chi connectivity index (χ2n) is 4.74. The molecule has 0 fully saturated rings. The Labute approximate surface area is 135 Å². The highest BCUT2D eigenvalue weighted by Gasteiger charge is 2.14. The van der Waals surface area contributed by atoms with Gasteiger partial charge in [0.25, 0.3) is 10.0 Å². The van der Waals surface area contributed by atoms with Gasteiger partial charge in [-0.25, -0.2) is 16.8 Å². The molecule has 0 heterocycles. The molecule has 2 rings (SSSR count). The Hall–Kier alpha value is -2.26. The monoisotopic (exact) mass is 356 g/mol. The van der Waals surface area contributed by atoms with E-state index in [-0.39, 0.29) is 16.3 Å². The van der Waals surface area contributed by atoms with Gasteiger partial charge in [-0.3, -0.25) is 9.44 Å². The minimum Gasteiger partial charge on any atom is -0.497 e. The van der Waals surface area contributed by atoms with E-state index in [0.717, 1.165) is 6.26 Å². The molecule has 124 valence electrons. The zero-order valence-electron chi connectivity index (χ0n) is 12.5. The van der Waals surface area contributed by atoms with E-state index in [1.807, 2.05) is 0 Å². The fourth-order valence-corrected chi connectivity index (χ4v) is 3.43. The molecular formula is C14H16N2O5S2. The van der Waals surface area contributed by atoms with Crippen LogP contribution >= 0.6 is 0 Å². The molecule has 0 aromatic heterocycles. The van der Waals surface area contributed by atoms with E-state index in [4.69, 9.17) is 4.74 Å². The Balaban J connectivity index is 2.24.